The maximum Gasteiger partial charge on any atom is 0.320 e. The van der Waals surface area contributed by atoms with E-state index < -0.39 is 15.0 Å². The number of aliphatic carboxylic acids is 1. The lowest BCUT2D eigenvalue weighted by Crippen LogP contribution is -2.45. The van der Waals surface area contributed by atoms with Crippen LogP contribution in [0.3, 0.4) is 0 Å². The first kappa shape index (κ1) is 22.0. The van der Waals surface area contributed by atoms with Crippen molar-refractivity contribution in [3.05, 3.63) is 22.4 Å². The van der Waals surface area contributed by atoms with Gasteiger partial charge in [-0.1, -0.05) is 40.0 Å². The van der Waals surface area contributed by atoms with Gasteiger partial charge >= 0.3 is 5.97 Å². The molecule has 1 aromatic rings. The Hall–Kier alpha value is -0.693. The molecule has 28 heavy (non-hydrogen) atoms. The number of carboxylic acids is 1. The summed E-state index contributed by atoms with van der Waals surface area (Å²) in [5, 5.41) is 14.4. The van der Waals surface area contributed by atoms with Crippen LogP contribution >= 0.6 is 11.3 Å². The van der Waals surface area contributed by atoms with Crippen molar-refractivity contribution in [2.45, 2.75) is 77.6 Å². The maximum absolute atomic E-state index is 12.1. The molecule has 1 unspecified atom stereocenters. The molecule has 0 aromatic carbocycles. The van der Waals surface area contributed by atoms with E-state index in [0.29, 0.717) is 17.8 Å². The SMILES string of the molecule is C[Si](C)OC([C@H]1CN([C@H](CC2CCC2)C(=O)O)C[C@@H]1c1ccsc1)C(C)(C)C. The Kier molecular flexibility index (Phi) is 7.06. The molecule has 4 atom stereocenters. The predicted molar refractivity (Wildman–Crippen MR) is 117 cm³/mol. The second kappa shape index (κ2) is 8.98. The minimum Gasteiger partial charge on any atom is -0.480 e. The molecule has 0 amide bonds. The average molecular weight is 423 g/mol. The fraction of sp³-hybridized carbons (Fsp3) is 0.773. The number of hydrogen-bond donors (Lipinski definition) is 1. The van der Waals surface area contributed by atoms with Crippen molar-refractivity contribution in [1.29, 1.82) is 0 Å². The highest BCUT2D eigenvalue weighted by molar-refractivity contribution is 7.08. The second-order valence-electron chi connectivity index (χ2n) is 9.98. The van der Waals surface area contributed by atoms with Crippen LogP contribution in [0.2, 0.25) is 13.1 Å². The quantitative estimate of drug-likeness (QED) is 0.593. The number of likely N-dealkylation sites (tertiary alicyclic amines) is 1. The van der Waals surface area contributed by atoms with Gasteiger partial charge in [0.15, 0.2) is 0 Å². The molecule has 2 aliphatic rings. The van der Waals surface area contributed by atoms with Crippen molar-refractivity contribution >= 4 is 26.3 Å². The van der Waals surface area contributed by atoms with Gasteiger partial charge in [-0.2, -0.15) is 11.3 Å². The summed E-state index contributed by atoms with van der Waals surface area (Å²) in [6.45, 7) is 12.8. The Morgan fingerprint density at radius 2 is 2.07 bits per heavy atom. The van der Waals surface area contributed by atoms with Gasteiger partial charge in [-0.25, -0.2) is 0 Å². The lowest BCUT2D eigenvalue weighted by molar-refractivity contribution is -0.144. The number of carbonyl (C=O) groups is 1. The van der Waals surface area contributed by atoms with Crippen molar-refractivity contribution in [2.24, 2.45) is 17.3 Å². The standard InChI is InChI=1S/C22H36NO3SSi/c1-22(2,3)20(26-28(4)5)18-13-23(12-17(18)16-9-10-27-14-16)19(21(24)25)11-15-7-6-8-15/h9-10,14-15,17-20H,6-8,11-13H2,1-5H3,(H,24,25)/t17-,18+,19-,20?/m1/s1. The molecule has 1 N–H and O–H groups in total. The number of rotatable bonds is 8. The van der Waals surface area contributed by atoms with Gasteiger partial charge in [-0.15, -0.1) is 0 Å². The van der Waals surface area contributed by atoms with Crippen LogP contribution in [0.4, 0.5) is 0 Å². The topological polar surface area (TPSA) is 49.8 Å². The van der Waals surface area contributed by atoms with Gasteiger partial charge in [0, 0.05) is 24.9 Å². The van der Waals surface area contributed by atoms with E-state index in [1.54, 1.807) is 11.3 Å². The van der Waals surface area contributed by atoms with Gasteiger partial charge in [0.2, 0.25) is 9.04 Å². The average Bonchev–Trinajstić information content (AvgIpc) is 3.19. The van der Waals surface area contributed by atoms with Crippen LogP contribution in [0.15, 0.2) is 16.8 Å². The minimum absolute atomic E-state index is 0.0313. The summed E-state index contributed by atoms with van der Waals surface area (Å²) < 4.78 is 6.56. The molecule has 1 aromatic heterocycles. The molecule has 2 fully saturated rings. The highest BCUT2D eigenvalue weighted by Gasteiger charge is 2.47. The first-order valence-electron chi connectivity index (χ1n) is 10.6. The van der Waals surface area contributed by atoms with E-state index >= 15 is 0 Å². The molecule has 6 heteroatoms. The molecular weight excluding hydrogens is 386 g/mol. The van der Waals surface area contributed by atoms with Gasteiger partial charge in [-0.3, -0.25) is 9.69 Å². The van der Waals surface area contributed by atoms with Crippen molar-refractivity contribution < 1.29 is 14.3 Å². The summed E-state index contributed by atoms with van der Waals surface area (Å²) in [7, 11) is -0.843. The number of nitrogens with zero attached hydrogens (tertiary/aromatic N) is 1. The molecule has 1 aliphatic carbocycles. The van der Waals surface area contributed by atoms with E-state index in [4.69, 9.17) is 4.43 Å². The maximum atomic E-state index is 12.1. The lowest BCUT2D eigenvalue weighted by Gasteiger charge is -2.39. The van der Waals surface area contributed by atoms with Crippen LogP contribution in [0.25, 0.3) is 0 Å². The van der Waals surface area contributed by atoms with Gasteiger partial charge in [-0.05, 0) is 53.2 Å². The number of carboxylic acid groups (broad SMARTS) is 1. The lowest BCUT2D eigenvalue weighted by atomic mass is 9.75. The van der Waals surface area contributed by atoms with Gasteiger partial charge in [0.1, 0.15) is 6.04 Å². The summed E-state index contributed by atoms with van der Waals surface area (Å²) in [4.78, 5) is 14.4. The molecular formula is C22H36NO3SSi. The van der Waals surface area contributed by atoms with E-state index in [2.05, 4.69) is 55.6 Å². The largest absolute Gasteiger partial charge is 0.480 e. The molecule has 0 spiro atoms. The van der Waals surface area contributed by atoms with E-state index in [9.17, 15) is 9.90 Å². The minimum atomic E-state index is -0.843. The Morgan fingerprint density at radius 1 is 1.36 bits per heavy atom. The summed E-state index contributed by atoms with van der Waals surface area (Å²) in [6.07, 6.45) is 4.59. The summed E-state index contributed by atoms with van der Waals surface area (Å²) in [5.74, 6) is 0.619. The van der Waals surface area contributed by atoms with Crippen molar-refractivity contribution in [3.8, 4) is 0 Å². The van der Waals surface area contributed by atoms with Crippen LogP contribution in [0.1, 0.15) is 57.9 Å². The molecule has 4 nitrogen and oxygen atoms in total. The molecule has 1 saturated heterocycles. The molecule has 1 saturated carbocycles. The predicted octanol–water partition coefficient (Wildman–Crippen LogP) is 5.09. The first-order valence-corrected chi connectivity index (χ1v) is 14.0. The van der Waals surface area contributed by atoms with E-state index in [1.165, 1.54) is 24.8 Å². The highest BCUT2D eigenvalue weighted by Crippen LogP contribution is 2.44. The summed E-state index contributed by atoms with van der Waals surface area (Å²) >= 11 is 1.73. The van der Waals surface area contributed by atoms with Gasteiger partial charge in [0.05, 0.1) is 6.10 Å². The highest BCUT2D eigenvalue weighted by atomic mass is 32.1. The third-order valence-corrected chi connectivity index (χ3v) is 7.90. The van der Waals surface area contributed by atoms with Crippen LogP contribution in [0, 0.1) is 17.3 Å². The van der Waals surface area contributed by atoms with Crippen LogP contribution in [-0.4, -0.2) is 50.3 Å². The molecule has 157 valence electrons. The van der Waals surface area contributed by atoms with Crippen LogP contribution < -0.4 is 0 Å². The van der Waals surface area contributed by atoms with Crippen molar-refractivity contribution in [3.63, 3.8) is 0 Å². The first-order chi connectivity index (χ1) is 13.2. The fourth-order valence-electron chi connectivity index (χ4n) is 4.87. The fourth-order valence-corrected chi connectivity index (χ4v) is 6.63. The Bertz CT molecular complexity index is 639. The zero-order valence-electron chi connectivity index (χ0n) is 18.0. The van der Waals surface area contributed by atoms with Crippen molar-refractivity contribution in [1.82, 2.24) is 4.90 Å². The summed E-state index contributed by atoms with van der Waals surface area (Å²) in [5.41, 5.74) is 1.38. The van der Waals surface area contributed by atoms with Crippen LogP contribution in [-0.2, 0) is 9.22 Å². The normalized spacial score (nSPS) is 26.4. The smallest absolute Gasteiger partial charge is 0.320 e. The Morgan fingerprint density at radius 3 is 2.54 bits per heavy atom. The third-order valence-electron chi connectivity index (χ3n) is 6.48. The third kappa shape index (κ3) is 5.07. The molecule has 1 radical (unpaired) electrons. The Balaban J connectivity index is 1.86. The van der Waals surface area contributed by atoms with E-state index in [0.717, 1.165) is 19.5 Å². The number of hydrogen-bond acceptors (Lipinski definition) is 4. The summed E-state index contributed by atoms with van der Waals surface area (Å²) in [6, 6.07) is 1.86. The molecule has 1 aliphatic heterocycles. The monoisotopic (exact) mass is 422 g/mol. The zero-order valence-corrected chi connectivity index (χ0v) is 19.8. The molecule has 2 heterocycles. The van der Waals surface area contributed by atoms with Gasteiger partial charge < -0.3 is 9.53 Å². The van der Waals surface area contributed by atoms with E-state index in [1.807, 2.05) is 0 Å². The van der Waals surface area contributed by atoms with Crippen molar-refractivity contribution in [2.75, 3.05) is 13.1 Å². The molecule has 3 rings (SSSR count). The van der Waals surface area contributed by atoms with Gasteiger partial charge in [0.25, 0.3) is 0 Å². The number of thiophene rings is 1. The second-order valence-corrected chi connectivity index (χ2v) is 12.8. The van der Waals surface area contributed by atoms with E-state index in [-0.39, 0.29) is 17.6 Å². The Labute approximate surface area is 176 Å². The zero-order chi connectivity index (χ0) is 20.5. The van der Waals surface area contributed by atoms with Crippen LogP contribution in [0.5, 0.6) is 0 Å². The molecule has 0 bridgehead atoms.